The standard InChI is InChI=1S/C19H27N5OS/c1-23(2)11-12-24-9-5-15(6-10-24)13-21-18(25)17-14-22-19(26-17)16-3-7-20-8-4-16/h3-4,7-8,14-15H,5-6,9-13H2,1-2H3,(H,21,25). The van der Waals surface area contributed by atoms with Crippen LogP contribution in [-0.2, 0) is 0 Å². The second-order valence-electron chi connectivity index (χ2n) is 7.06. The summed E-state index contributed by atoms with van der Waals surface area (Å²) in [6, 6.07) is 3.81. The summed E-state index contributed by atoms with van der Waals surface area (Å²) in [5, 5.41) is 3.94. The van der Waals surface area contributed by atoms with E-state index in [4.69, 9.17) is 0 Å². The van der Waals surface area contributed by atoms with Crippen molar-refractivity contribution in [2.45, 2.75) is 12.8 Å². The largest absolute Gasteiger partial charge is 0.351 e. The zero-order chi connectivity index (χ0) is 18.4. The zero-order valence-corrected chi connectivity index (χ0v) is 16.3. The molecule has 0 aromatic carbocycles. The maximum absolute atomic E-state index is 12.4. The molecule has 1 amide bonds. The number of aromatic nitrogens is 2. The number of thiazole rings is 1. The van der Waals surface area contributed by atoms with E-state index in [0.29, 0.717) is 10.8 Å². The number of amides is 1. The zero-order valence-electron chi connectivity index (χ0n) is 15.5. The van der Waals surface area contributed by atoms with E-state index in [1.165, 1.54) is 11.3 Å². The van der Waals surface area contributed by atoms with Gasteiger partial charge in [-0.3, -0.25) is 9.78 Å². The van der Waals surface area contributed by atoms with Gasteiger partial charge in [0.2, 0.25) is 0 Å². The number of hydrogen-bond acceptors (Lipinski definition) is 6. The molecule has 2 aromatic heterocycles. The van der Waals surface area contributed by atoms with Crippen molar-refractivity contribution in [3.8, 4) is 10.6 Å². The number of nitrogens with one attached hydrogen (secondary N) is 1. The molecule has 140 valence electrons. The first kappa shape index (κ1) is 18.9. The topological polar surface area (TPSA) is 61.4 Å². The summed E-state index contributed by atoms with van der Waals surface area (Å²) in [4.78, 5) is 26.2. The summed E-state index contributed by atoms with van der Waals surface area (Å²) in [6.45, 7) is 5.24. The summed E-state index contributed by atoms with van der Waals surface area (Å²) < 4.78 is 0. The lowest BCUT2D eigenvalue weighted by atomic mass is 9.97. The van der Waals surface area contributed by atoms with E-state index < -0.39 is 0 Å². The first-order valence-corrected chi connectivity index (χ1v) is 9.95. The Bertz CT molecular complexity index is 695. The molecular formula is C19H27N5OS. The molecule has 1 aliphatic heterocycles. The minimum atomic E-state index is -0.0159. The molecule has 1 N–H and O–H groups in total. The van der Waals surface area contributed by atoms with Crippen LogP contribution in [0.1, 0.15) is 22.5 Å². The van der Waals surface area contributed by atoms with Crippen molar-refractivity contribution in [1.82, 2.24) is 25.1 Å². The Morgan fingerprint density at radius 3 is 2.73 bits per heavy atom. The van der Waals surface area contributed by atoms with Gasteiger partial charge in [-0.1, -0.05) is 0 Å². The van der Waals surface area contributed by atoms with Crippen molar-refractivity contribution in [3.63, 3.8) is 0 Å². The third kappa shape index (κ3) is 5.33. The number of likely N-dealkylation sites (N-methyl/N-ethyl adjacent to an activating group) is 1. The lowest BCUT2D eigenvalue weighted by Gasteiger charge is -2.32. The molecule has 0 aliphatic carbocycles. The molecular weight excluding hydrogens is 346 g/mol. The van der Waals surface area contributed by atoms with Crippen molar-refractivity contribution in [2.75, 3.05) is 46.8 Å². The number of piperidine rings is 1. The molecule has 1 aliphatic rings. The SMILES string of the molecule is CN(C)CCN1CCC(CNC(=O)c2cnc(-c3ccncc3)s2)CC1. The molecule has 0 unspecified atom stereocenters. The molecule has 3 rings (SSSR count). The molecule has 0 spiro atoms. The third-order valence-corrected chi connectivity index (χ3v) is 5.82. The fourth-order valence-corrected chi connectivity index (χ4v) is 3.92. The number of carbonyl (C=O) groups is 1. The quantitative estimate of drug-likeness (QED) is 0.806. The molecule has 3 heterocycles. The Morgan fingerprint density at radius 1 is 1.31 bits per heavy atom. The monoisotopic (exact) mass is 373 g/mol. The van der Waals surface area contributed by atoms with E-state index in [2.05, 4.69) is 39.2 Å². The number of carbonyl (C=O) groups excluding carboxylic acids is 1. The van der Waals surface area contributed by atoms with Crippen molar-refractivity contribution >= 4 is 17.2 Å². The predicted octanol–water partition coefficient (Wildman–Crippen LogP) is 2.21. The van der Waals surface area contributed by atoms with Crippen LogP contribution < -0.4 is 5.32 Å². The van der Waals surface area contributed by atoms with Gasteiger partial charge in [0.05, 0.1) is 6.20 Å². The van der Waals surface area contributed by atoms with E-state index in [9.17, 15) is 4.79 Å². The maximum Gasteiger partial charge on any atom is 0.263 e. The highest BCUT2D eigenvalue weighted by Gasteiger charge is 2.20. The average Bonchev–Trinajstić information content (AvgIpc) is 3.16. The molecule has 0 atom stereocenters. The van der Waals surface area contributed by atoms with Crippen LogP contribution in [0.4, 0.5) is 0 Å². The van der Waals surface area contributed by atoms with Crippen LogP contribution in [0, 0.1) is 5.92 Å². The normalized spacial score (nSPS) is 16.1. The second kappa shape index (κ2) is 9.21. The Hall–Kier alpha value is -1.83. The van der Waals surface area contributed by atoms with Gasteiger partial charge in [-0.2, -0.15) is 0 Å². The summed E-state index contributed by atoms with van der Waals surface area (Å²) >= 11 is 1.43. The molecule has 2 aromatic rings. The van der Waals surface area contributed by atoms with Gasteiger partial charge in [0, 0.05) is 37.6 Å². The molecule has 0 saturated carbocycles. The van der Waals surface area contributed by atoms with E-state index in [0.717, 1.165) is 56.1 Å². The van der Waals surface area contributed by atoms with Crippen LogP contribution >= 0.6 is 11.3 Å². The van der Waals surface area contributed by atoms with Gasteiger partial charge in [-0.15, -0.1) is 11.3 Å². The number of pyridine rings is 1. The summed E-state index contributed by atoms with van der Waals surface area (Å²) in [5.41, 5.74) is 0.995. The average molecular weight is 374 g/mol. The molecule has 1 saturated heterocycles. The van der Waals surface area contributed by atoms with Crippen LogP contribution in [0.25, 0.3) is 10.6 Å². The highest BCUT2D eigenvalue weighted by atomic mass is 32.1. The van der Waals surface area contributed by atoms with Crippen LogP contribution in [0.15, 0.2) is 30.7 Å². The van der Waals surface area contributed by atoms with Crippen molar-refractivity contribution < 1.29 is 4.79 Å². The van der Waals surface area contributed by atoms with Gasteiger partial charge in [0.15, 0.2) is 0 Å². The van der Waals surface area contributed by atoms with Gasteiger partial charge in [0.1, 0.15) is 9.88 Å². The summed E-state index contributed by atoms with van der Waals surface area (Å²) in [5.74, 6) is 0.556. The lowest BCUT2D eigenvalue weighted by molar-refractivity contribution is 0.0939. The smallest absolute Gasteiger partial charge is 0.263 e. The van der Waals surface area contributed by atoms with E-state index in [1.54, 1.807) is 18.6 Å². The minimum absolute atomic E-state index is 0.0159. The van der Waals surface area contributed by atoms with Crippen LogP contribution in [-0.4, -0.2) is 72.5 Å². The van der Waals surface area contributed by atoms with E-state index in [-0.39, 0.29) is 5.91 Å². The highest BCUT2D eigenvalue weighted by Crippen LogP contribution is 2.24. The Morgan fingerprint density at radius 2 is 2.04 bits per heavy atom. The van der Waals surface area contributed by atoms with Gasteiger partial charge in [0.25, 0.3) is 5.91 Å². The first-order chi connectivity index (χ1) is 12.6. The molecule has 1 fully saturated rings. The highest BCUT2D eigenvalue weighted by molar-refractivity contribution is 7.16. The minimum Gasteiger partial charge on any atom is -0.351 e. The molecule has 0 radical (unpaired) electrons. The van der Waals surface area contributed by atoms with Crippen LogP contribution in [0.2, 0.25) is 0 Å². The third-order valence-electron chi connectivity index (χ3n) is 4.78. The van der Waals surface area contributed by atoms with Gasteiger partial charge < -0.3 is 15.1 Å². The van der Waals surface area contributed by atoms with Crippen LogP contribution in [0.5, 0.6) is 0 Å². The number of nitrogens with zero attached hydrogens (tertiary/aromatic N) is 4. The van der Waals surface area contributed by atoms with Crippen LogP contribution in [0.3, 0.4) is 0 Å². The van der Waals surface area contributed by atoms with Gasteiger partial charge in [-0.25, -0.2) is 4.98 Å². The predicted molar refractivity (Wildman–Crippen MR) is 105 cm³/mol. The van der Waals surface area contributed by atoms with E-state index >= 15 is 0 Å². The van der Waals surface area contributed by atoms with Gasteiger partial charge >= 0.3 is 0 Å². The fourth-order valence-electron chi connectivity index (χ4n) is 3.09. The lowest BCUT2D eigenvalue weighted by Crippen LogP contribution is -2.41. The van der Waals surface area contributed by atoms with Crippen molar-refractivity contribution in [1.29, 1.82) is 0 Å². The number of hydrogen-bond donors (Lipinski definition) is 1. The van der Waals surface area contributed by atoms with Crippen molar-refractivity contribution in [3.05, 3.63) is 35.6 Å². The second-order valence-corrected chi connectivity index (χ2v) is 8.09. The molecule has 7 heteroatoms. The molecule has 0 bridgehead atoms. The molecule has 26 heavy (non-hydrogen) atoms. The number of rotatable bonds is 7. The Kier molecular flexibility index (Phi) is 6.71. The van der Waals surface area contributed by atoms with Gasteiger partial charge in [-0.05, 0) is 58.1 Å². The Balaban J connectivity index is 1.43. The first-order valence-electron chi connectivity index (χ1n) is 9.13. The fraction of sp³-hybridized carbons (Fsp3) is 0.526. The molecule has 6 nitrogen and oxygen atoms in total. The van der Waals surface area contributed by atoms with Crippen molar-refractivity contribution in [2.24, 2.45) is 5.92 Å². The summed E-state index contributed by atoms with van der Waals surface area (Å²) in [7, 11) is 4.23. The Labute approximate surface area is 159 Å². The number of likely N-dealkylation sites (tertiary alicyclic amines) is 1. The maximum atomic E-state index is 12.4. The summed E-state index contributed by atoms with van der Waals surface area (Å²) in [6.07, 6.45) is 7.44. The van der Waals surface area contributed by atoms with E-state index in [1.807, 2.05) is 12.1 Å².